The number of aromatic nitrogens is 1. The molecule has 7 heteroatoms. The maximum atomic E-state index is 13.5. The minimum absolute atomic E-state index is 0.204. The molecular formula is C20H21FN2O4. The SMILES string of the molecule is COC(=O)c1ccc(F)cc1OCC1CCN(c2ccc(C=O)cn2)CC1. The van der Waals surface area contributed by atoms with Crippen molar-refractivity contribution in [2.24, 2.45) is 5.92 Å². The summed E-state index contributed by atoms with van der Waals surface area (Å²) in [5.41, 5.74) is 0.773. The molecule has 27 heavy (non-hydrogen) atoms. The Morgan fingerprint density at radius 3 is 2.70 bits per heavy atom. The molecule has 3 rings (SSSR count). The van der Waals surface area contributed by atoms with Crippen LogP contribution in [0, 0.1) is 11.7 Å². The molecule has 0 radical (unpaired) electrons. The van der Waals surface area contributed by atoms with Crippen molar-refractivity contribution in [3.05, 3.63) is 53.5 Å². The van der Waals surface area contributed by atoms with E-state index < -0.39 is 11.8 Å². The number of rotatable bonds is 6. The number of halogens is 1. The van der Waals surface area contributed by atoms with Crippen LogP contribution in [0.3, 0.4) is 0 Å². The second-order valence-electron chi connectivity index (χ2n) is 6.44. The fraction of sp³-hybridized carbons (Fsp3) is 0.350. The first kappa shape index (κ1) is 18.8. The lowest BCUT2D eigenvalue weighted by molar-refractivity contribution is 0.0594. The average molecular weight is 372 g/mol. The molecule has 0 bridgehead atoms. The summed E-state index contributed by atoms with van der Waals surface area (Å²) in [6, 6.07) is 7.38. The third-order valence-electron chi connectivity index (χ3n) is 4.67. The van der Waals surface area contributed by atoms with Gasteiger partial charge in [0.05, 0.1) is 13.7 Å². The van der Waals surface area contributed by atoms with Crippen LogP contribution in [-0.2, 0) is 4.74 Å². The Balaban J connectivity index is 1.56. The minimum Gasteiger partial charge on any atom is -0.492 e. The highest BCUT2D eigenvalue weighted by Crippen LogP contribution is 2.25. The molecule has 0 atom stereocenters. The molecule has 0 saturated carbocycles. The normalized spacial score (nSPS) is 14.7. The van der Waals surface area contributed by atoms with Crippen molar-refractivity contribution >= 4 is 18.1 Å². The van der Waals surface area contributed by atoms with Crippen molar-refractivity contribution in [1.29, 1.82) is 0 Å². The Hall–Kier alpha value is -2.96. The number of pyridine rings is 1. The molecule has 142 valence electrons. The van der Waals surface area contributed by atoms with E-state index in [1.54, 1.807) is 12.3 Å². The summed E-state index contributed by atoms with van der Waals surface area (Å²) in [7, 11) is 1.28. The molecule has 1 aliphatic rings. The third-order valence-corrected chi connectivity index (χ3v) is 4.67. The van der Waals surface area contributed by atoms with Crippen LogP contribution in [0.1, 0.15) is 33.6 Å². The molecule has 1 aromatic heterocycles. The fourth-order valence-corrected chi connectivity index (χ4v) is 3.08. The Morgan fingerprint density at radius 2 is 2.07 bits per heavy atom. The molecule has 1 saturated heterocycles. The highest BCUT2D eigenvalue weighted by Gasteiger charge is 2.22. The van der Waals surface area contributed by atoms with E-state index in [9.17, 15) is 14.0 Å². The molecule has 0 aliphatic carbocycles. The predicted octanol–water partition coefficient (Wildman–Crippen LogP) is 3.12. The van der Waals surface area contributed by atoms with Crippen molar-refractivity contribution in [2.75, 3.05) is 31.7 Å². The van der Waals surface area contributed by atoms with Crippen LogP contribution >= 0.6 is 0 Å². The standard InChI is InChI=1S/C20H21FN2O4/c1-26-20(25)17-4-3-16(21)10-18(17)27-13-14-6-8-23(9-7-14)19-5-2-15(12-24)11-22-19/h2-5,10-12,14H,6-9,13H2,1H3. The number of ether oxygens (including phenoxy) is 2. The van der Waals surface area contributed by atoms with Gasteiger partial charge in [0, 0.05) is 30.9 Å². The van der Waals surface area contributed by atoms with E-state index in [2.05, 4.69) is 9.88 Å². The molecule has 2 heterocycles. The number of piperidine rings is 1. The van der Waals surface area contributed by atoms with E-state index in [1.165, 1.54) is 25.3 Å². The van der Waals surface area contributed by atoms with Gasteiger partial charge in [0.25, 0.3) is 0 Å². The molecule has 0 amide bonds. The van der Waals surface area contributed by atoms with Crippen molar-refractivity contribution in [3.63, 3.8) is 0 Å². The van der Waals surface area contributed by atoms with Gasteiger partial charge in [-0.1, -0.05) is 0 Å². The zero-order valence-corrected chi connectivity index (χ0v) is 15.1. The van der Waals surface area contributed by atoms with Gasteiger partial charge < -0.3 is 14.4 Å². The molecule has 1 aliphatic heterocycles. The lowest BCUT2D eigenvalue weighted by atomic mass is 9.97. The second-order valence-corrected chi connectivity index (χ2v) is 6.44. The van der Waals surface area contributed by atoms with Crippen LogP contribution in [-0.4, -0.2) is 44.0 Å². The number of carbonyl (C=O) groups is 2. The largest absolute Gasteiger partial charge is 0.492 e. The lowest BCUT2D eigenvalue weighted by Gasteiger charge is -2.32. The molecule has 0 unspecified atom stereocenters. The van der Waals surface area contributed by atoms with Gasteiger partial charge in [-0.2, -0.15) is 0 Å². The van der Waals surface area contributed by atoms with Gasteiger partial charge in [-0.15, -0.1) is 0 Å². The Labute approximate surface area is 156 Å². The van der Waals surface area contributed by atoms with Crippen LogP contribution < -0.4 is 9.64 Å². The van der Waals surface area contributed by atoms with Crippen LogP contribution in [0.15, 0.2) is 36.5 Å². The zero-order chi connectivity index (χ0) is 19.2. The summed E-state index contributed by atoms with van der Waals surface area (Å²) < 4.78 is 24.0. The first-order valence-electron chi connectivity index (χ1n) is 8.77. The van der Waals surface area contributed by atoms with Crippen LogP contribution in [0.25, 0.3) is 0 Å². The summed E-state index contributed by atoms with van der Waals surface area (Å²) in [5, 5.41) is 0. The van der Waals surface area contributed by atoms with E-state index in [1.807, 2.05) is 6.07 Å². The summed E-state index contributed by atoms with van der Waals surface area (Å²) in [4.78, 5) is 29.0. The van der Waals surface area contributed by atoms with Gasteiger partial charge in [0.1, 0.15) is 22.9 Å². The lowest BCUT2D eigenvalue weighted by Crippen LogP contribution is -2.36. The van der Waals surface area contributed by atoms with E-state index in [0.29, 0.717) is 18.1 Å². The quantitative estimate of drug-likeness (QED) is 0.573. The number of methoxy groups -OCH3 is 1. The van der Waals surface area contributed by atoms with E-state index in [4.69, 9.17) is 9.47 Å². The van der Waals surface area contributed by atoms with E-state index in [-0.39, 0.29) is 11.3 Å². The third kappa shape index (κ3) is 4.61. The van der Waals surface area contributed by atoms with E-state index >= 15 is 0 Å². The number of esters is 1. The van der Waals surface area contributed by atoms with Gasteiger partial charge in [-0.05, 0) is 43.0 Å². The predicted molar refractivity (Wildman–Crippen MR) is 97.8 cm³/mol. The molecule has 6 nitrogen and oxygen atoms in total. The van der Waals surface area contributed by atoms with Gasteiger partial charge in [0.2, 0.25) is 0 Å². The monoisotopic (exact) mass is 372 g/mol. The highest BCUT2D eigenvalue weighted by molar-refractivity contribution is 5.92. The van der Waals surface area contributed by atoms with Crippen LogP contribution in [0.4, 0.5) is 10.2 Å². The highest BCUT2D eigenvalue weighted by atomic mass is 19.1. The maximum Gasteiger partial charge on any atom is 0.341 e. The van der Waals surface area contributed by atoms with E-state index in [0.717, 1.165) is 38.0 Å². The minimum atomic E-state index is -0.551. The van der Waals surface area contributed by atoms with Crippen molar-refractivity contribution in [3.8, 4) is 5.75 Å². The van der Waals surface area contributed by atoms with Crippen LogP contribution in [0.5, 0.6) is 5.75 Å². The Morgan fingerprint density at radius 1 is 1.30 bits per heavy atom. The van der Waals surface area contributed by atoms with Crippen LogP contribution in [0.2, 0.25) is 0 Å². The molecule has 2 aromatic rings. The van der Waals surface area contributed by atoms with Crippen molar-refractivity contribution in [1.82, 2.24) is 4.98 Å². The Bertz CT molecular complexity index is 802. The smallest absolute Gasteiger partial charge is 0.341 e. The number of aldehydes is 1. The second kappa shape index (κ2) is 8.62. The van der Waals surface area contributed by atoms with Gasteiger partial charge in [0.15, 0.2) is 6.29 Å². The molecule has 1 aromatic carbocycles. The number of carbonyl (C=O) groups excluding carboxylic acids is 2. The van der Waals surface area contributed by atoms with Gasteiger partial charge in [-0.3, -0.25) is 4.79 Å². The van der Waals surface area contributed by atoms with Crippen molar-refractivity contribution in [2.45, 2.75) is 12.8 Å². The topological polar surface area (TPSA) is 68.7 Å². The summed E-state index contributed by atoms with van der Waals surface area (Å²) >= 11 is 0. The number of anilines is 1. The summed E-state index contributed by atoms with van der Waals surface area (Å²) in [6.45, 7) is 2.03. The summed E-state index contributed by atoms with van der Waals surface area (Å²) in [5.74, 6) is 0.333. The first-order valence-corrected chi connectivity index (χ1v) is 8.77. The first-order chi connectivity index (χ1) is 13.1. The molecule has 1 fully saturated rings. The molecule has 0 N–H and O–H groups in total. The number of hydrogen-bond acceptors (Lipinski definition) is 6. The Kier molecular flexibility index (Phi) is 6.01. The zero-order valence-electron chi connectivity index (χ0n) is 15.1. The fourth-order valence-electron chi connectivity index (χ4n) is 3.08. The summed E-state index contributed by atoms with van der Waals surface area (Å²) in [6.07, 6.45) is 4.12. The maximum absolute atomic E-state index is 13.5. The van der Waals surface area contributed by atoms with Gasteiger partial charge in [-0.25, -0.2) is 14.2 Å². The number of hydrogen-bond donors (Lipinski definition) is 0. The molecule has 0 spiro atoms. The van der Waals surface area contributed by atoms with Gasteiger partial charge >= 0.3 is 5.97 Å². The van der Waals surface area contributed by atoms with Crippen molar-refractivity contribution < 1.29 is 23.5 Å². The average Bonchev–Trinajstić information content (AvgIpc) is 2.72. The number of benzene rings is 1. The number of nitrogens with zero attached hydrogens (tertiary/aromatic N) is 2. The molecular weight excluding hydrogens is 351 g/mol.